The number of hydrogen-bond donors (Lipinski definition) is 0. The first-order chi connectivity index (χ1) is 9.61. The van der Waals surface area contributed by atoms with Crippen LogP contribution >= 0.6 is 0 Å². The molecule has 0 spiro atoms. The zero-order chi connectivity index (χ0) is 14.5. The minimum atomic E-state index is -0.418. The minimum Gasteiger partial charge on any atom is -0.466 e. The van der Waals surface area contributed by atoms with Gasteiger partial charge in [-0.1, -0.05) is 24.3 Å². The summed E-state index contributed by atoms with van der Waals surface area (Å²) in [6.45, 7) is 1.57. The molecule has 1 aliphatic rings. The van der Waals surface area contributed by atoms with E-state index >= 15 is 0 Å². The molecule has 1 aliphatic heterocycles. The van der Waals surface area contributed by atoms with E-state index in [0.717, 1.165) is 11.1 Å². The van der Waals surface area contributed by atoms with Gasteiger partial charge in [0.2, 0.25) is 0 Å². The molecule has 0 N–H and O–H groups in total. The fraction of sp³-hybridized carbons (Fsp3) is 0.250. The predicted molar refractivity (Wildman–Crippen MR) is 76.5 cm³/mol. The number of methoxy groups -OCH3 is 1. The molecular weight excluding hydrogens is 254 g/mol. The SMILES string of the molecule is COC(=O)/C=C\N1C=Cc2ccccc2C1CC(C)=O. The van der Waals surface area contributed by atoms with Gasteiger partial charge in [0.25, 0.3) is 0 Å². The maximum absolute atomic E-state index is 11.5. The number of ether oxygens (including phenoxy) is 1. The highest BCUT2D eigenvalue weighted by Gasteiger charge is 2.23. The standard InChI is InChI=1S/C16H17NO3/c1-12(18)11-15-14-6-4-3-5-13(14)7-9-17(15)10-8-16(19)20-2/h3-10,15H,11H2,1-2H3/b10-8-. The maximum Gasteiger partial charge on any atom is 0.331 e. The van der Waals surface area contributed by atoms with Crippen LogP contribution < -0.4 is 0 Å². The average molecular weight is 271 g/mol. The van der Waals surface area contributed by atoms with E-state index in [1.165, 1.54) is 13.2 Å². The Labute approximate surface area is 118 Å². The fourth-order valence-electron chi connectivity index (χ4n) is 2.25. The van der Waals surface area contributed by atoms with Gasteiger partial charge in [0, 0.05) is 24.9 Å². The second-order valence-corrected chi connectivity index (χ2v) is 4.65. The molecule has 0 aliphatic carbocycles. The van der Waals surface area contributed by atoms with Gasteiger partial charge in [-0.3, -0.25) is 4.79 Å². The highest BCUT2D eigenvalue weighted by Crippen LogP contribution is 2.32. The van der Waals surface area contributed by atoms with Crippen LogP contribution in [0.15, 0.2) is 42.7 Å². The van der Waals surface area contributed by atoms with Gasteiger partial charge in [-0.15, -0.1) is 0 Å². The molecule has 20 heavy (non-hydrogen) atoms. The quantitative estimate of drug-likeness (QED) is 0.624. The molecule has 0 fully saturated rings. The van der Waals surface area contributed by atoms with Crippen LogP contribution in [0.5, 0.6) is 0 Å². The van der Waals surface area contributed by atoms with Crippen LogP contribution in [0.1, 0.15) is 30.5 Å². The molecule has 1 aromatic rings. The van der Waals surface area contributed by atoms with Gasteiger partial charge in [0.05, 0.1) is 13.2 Å². The van der Waals surface area contributed by atoms with Crippen molar-refractivity contribution in [2.45, 2.75) is 19.4 Å². The van der Waals surface area contributed by atoms with E-state index in [1.807, 2.05) is 41.4 Å². The summed E-state index contributed by atoms with van der Waals surface area (Å²) in [5.41, 5.74) is 2.18. The van der Waals surface area contributed by atoms with Crippen molar-refractivity contribution in [3.8, 4) is 0 Å². The molecule has 1 heterocycles. The van der Waals surface area contributed by atoms with Crippen molar-refractivity contribution in [2.24, 2.45) is 0 Å². The summed E-state index contributed by atoms with van der Waals surface area (Å²) < 4.78 is 4.58. The maximum atomic E-state index is 11.5. The van der Waals surface area contributed by atoms with Crippen molar-refractivity contribution >= 4 is 17.8 Å². The number of carbonyl (C=O) groups is 2. The largest absolute Gasteiger partial charge is 0.466 e. The highest BCUT2D eigenvalue weighted by molar-refractivity contribution is 5.82. The van der Waals surface area contributed by atoms with E-state index in [9.17, 15) is 9.59 Å². The lowest BCUT2D eigenvalue weighted by molar-refractivity contribution is -0.134. The third-order valence-electron chi connectivity index (χ3n) is 3.21. The minimum absolute atomic E-state index is 0.0883. The first kappa shape index (κ1) is 14.1. The summed E-state index contributed by atoms with van der Waals surface area (Å²) in [4.78, 5) is 24.6. The molecule has 0 saturated carbocycles. The van der Waals surface area contributed by atoms with Crippen LogP contribution in [0.2, 0.25) is 0 Å². The number of ketones is 1. The van der Waals surface area contributed by atoms with Gasteiger partial charge in [-0.25, -0.2) is 4.79 Å². The lowest BCUT2D eigenvalue weighted by atomic mass is 9.93. The Kier molecular flexibility index (Phi) is 4.35. The molecule has 4 nitrogen and oxygen atoms in total. The summed E-state index contributed by atoms with van der Waals surface area (Å²) in [5, 5.41) is 0. The normalized spacial score (nSPS) is 17.1. The van der Waals surface area contributed by atoms with Crippen LogP contribution in [0.25, 0.3) is 6.08 Å². The van der Waals surface area contributed by atoms with Crippen molar-refractivity contribution in [2.75, 3.05) is 7.11 Å². The number of nitrogens with zero attached hydrogens (tertiary/aromatic N) is 1. The zero-order valence-corrected chi connectivity index (χ0v) is 11.6. The number of hydrogen-bond acceptors (Lipinski definition) is 4. The van der Waals surface area contributed by atoms with E-state index in [-0.39, 0.29) is 11.8 Å². The van der Waals surface area contributed by atoms with Gasteiger partial charge >= 0.3 is 5.97 Å². The lowest BCUT2D eigenvalue weighted by Crippen LogP contribution is -2.24. The lowest BCUT2D eigenvalue weighted by Gasteiger charge is -2.31. The molecule has 0 aromatic heterocycles. The molecule has 0 bridgehead atoms. The molecule has 0 saturated heterocycles. The van der Waals surface area contributed by atoms with E-state index in [4.69, 9.17) is 0 Å². The van der Waals surface area contributed by atoms with E-state index in [2.05, 4.69) is 4.74 Å². The molecule has 1 unspecified atom stereocenters. The van der Waals surface area contributed by atoms with Crippen molar-refractivity contribution in [3.05, 3.63) is 53.9 Å². The molecule has 0 amide bonds. The topological polar surface area (TPSA) is 46.6 Å². The number of benzene rings is 1. The van der Waals surface area contributed by atoms with Crippen LogP contribution in [0.3, 0.4) is 0 Å². The number of carbonyl (C=O) groups excluding carboxylic acids is 2. The first-order valence-corrected chi connectivity index (χ1v) is 6.42. The predicted octanol–water partition coefficient (Wildman–Crippen LogP) is 2.68. The molecule has 104 valence electrons. The van der Waals surface area contributed by atoms with Crippen LogP contribution in [-0.4, -0.2) is 23.8 Å². The number of Topliss-reactive ketones (excluding diaryl/α,β-unsaturated/α-hetero) is 1. The number of fused-ring (bicyclic) bond motifs is 1. The molecular formula is C16H17NO3. The summed E-state index contributed by atoms with van der Waals surface area (Å²) in [5.74, 6) is -0.310. The Morgan fingerprint density at radius 3 is 2.80 bits per heavy atom. The Morgan fingerprint density at radius 2 is 2.10 bits per heavy atom. The molecule has 0 radical (unpaired) electrons. The van der Waals surface area contributed by atoms with E-state index in [1.54, 1.807) is 13.1 Å². The van der Waals surface area contributed by atoms with Gasteiger partial charge < -0.3 is 9.64 Å². The monoisotopic (exact) mass is 271 g/mol. The first-order valence-electron chi connectivity index (χ1n) is 6.42. The Hall–Kier alpha value is -2.36. The molecule has 1 atom stereocenters. The van der Waals surface area contributed by atoms with Gasteiger partial charge in [-0.05, 0) is 24.1 Å². The molecule has 2 rings (SSSR count). The Balaban J connectivity index is 2.31. The van der Waals surface area contributed by atoms with Gasteiger partial charge in [0.15, 0.2) is 0 Å². The average Bonchev–Trinajstić information content (AvgIpc) is 2.45. The van der Waals surface area contributed by atoms with Crippen molar-refractivity contribution in [1.82, 2.24) is 4.90 Å². The van der Waals surface area contributed by atoms with Crippen LogP contribution in [-0.2, 0) is 14.3 Å². The smallest absolute Gasteiger partial charge is 0.331 e. The third kappa shape index (κ3) is 3.15. The zero-order valence-electron chi connectivity index (χ0n) is 11.6. The summed E-state index contributed by atoms with van der Waals surface area (Å²) in [6, 6.07) is 7.85. The van der Waals surface area contributed by atoms with E-state index < -0.39 is 5.97 Å². The summed E-state index contributed by atoms with van der Waals surface area (Å²) in [7, 11) is 1.33. The van der Waals surface area contributed by atoms with Gasteiger partial charge in [-0.2, -0.15) is 0 Å². The van der Waals surface area contributed by atoms with Crippen LogP contribution in [0.4, 0.5) is 0 Å². The second kappa shape index (κ2) is 6.19. The highest BCUT2D eigenvalue weighted by atomic mass is 16.5. The molecule has 4 heteroatoms. The second-order valence-electron chi connectivity index (χ2n) is 4.65. The fourth-order valence-corrected chi connectivity index (χ4v) is 2.25. The summed E-state index contributed by atoms with van der Waals surface area (Å²) >= 11 is 0. The van der Waals surface area contributed by atoms with Crippen LogP contribution in [0, 0.1) is 0 Å². The molecule has 1 aromatic carbocycles. The van der Waals surface area contributed by atoms with Crippen molar-refractivity contribution in [3.63, 3.8) is 0 Å². The van der Waals surface area contributed by atoms with Crippen molar-refractivity contribution < 1.29 is 14.3 Å². The van der Waals surface area contributed by atoms with E-state index in [0.29, 0.717) is 6.42 Å². The number of esters is 1. The Bertz CT molecular complexity index is 575. The number of rotatable bonds is 4. The van der Waals surface area contributed by atoms with Gasteiger partial charge in [0.1, 0.15) is 5.78 Å². The third-order valence-corrected chi connectivity index (χ3v) is 3.21. The van der Waals surface area contributed by atoms with Crippen molar-refractivity contribution in [1.29, 1.82) is 0 Å². The Morgan fingerprint density at radius 1 is 1.35 bits per heavy atom. The summed E-state index contributed by atoms with van der Waals surface area (Å²) in [6.07, 6.45) is 7.23.